The van der Waals surface area contributed by atoms with E-state index in [4.69, 9.17) is 12.5 Å². The van der Waals surface area contributed by atoms with E-state index in [1.807, 2.05) is 0 Å². The molecule has 0 aliphatic rings. The van der Waals surface area contributed by atoms with Crippen LogP contribution in [0.2, 0.25) is 0 Å². The molecule has 0 aromatic heterocycles. The van der Waals surface area contributed by atoms with Crippen molar-refractivity contribution in [2.24, 2.45) is 0 Å². The van der Waals surface area contributed by atoms with Gasteiger partial charge in [0.15, 0.2) is 0 Å². The summed E-state index contributed by atoms with van der Waals surface area (Å²) in [4.78, 5) is 0. The average Bonchev–Trinajstić information content (AvgIpc) is 2.05. The summed E-state index contributed by atoms with van der Waals surface area (Å²) >= 11 is -0.742. The smallest absolute Gasteiger partial charge is 0.112 e. The Morgan fingerprint density at radius 3 is 2.18 bits per heavy atom. The van der Waals surface area contributed by atoms with Gasteiger partial charge < -0.3 is 0 Å². The van der Waals surface area contributed by atoms with Crippen LogP contribution in [-0.2, 0) is 24.3 Å². The molecule has 0 aromatic rings. The quantitative estimate of drug-likeness (QED) is 0.443. The lowest BCUT2D eigenvalue weighted by atomic mass is 10.3. The van der Waals surface area contributed by atoms with Crippen LogP contribution in [0, 0.1) is 0 Å². The minimum Gasteiger partial charge on any atom is -0.112 e. The molecule has 11 heavy (non-hydrogen) atoms. The highest BCUT2D eigenvalue weighted by molar-refractivity contribution is 7.82. The molecule has 0 aliphatic heterocycles. The van der Waals surface area contributed by atoms with E-state index in [0.717, 1.165) is 13.0 Å². The lowest BCUT2D eigenvalue weighted by Gasteiger charge is -1.96. The average molecular weight is 181 g/mol. The summed E-state index contributed by atoms with van der Waals surface area (Å²) in [6, 6.07) is 0. The minimum atomic E-state index is -0.742. The molecule has 0 N–H and O–H groups in total. The first kappa shape index (κ1) is 11.2. The molecule has 0 spiro atoms. The fraction of sp³-hybridized carbons (Fsp3) is 1.00. The van der Waals surface area contributed by atoms with Crippen LogP contribution in [0.25, 0.3) is 0 Å². The molecule has 0 unspecified atom stereocenters. The molecule has 0 saturated heterocycles. The van der Waals surface area contributed by atoms with Crippen molar-refractivity contribution in [3.05, 3.63) is 0 Å². The van der Waals surface area contributed by atoms with E-state index < -0.39 is 11.7 Å². The number of rotatable bonds is 7. The topological polar surface area (TPSA) is 27.7 Å². The maximum absolute atomic E-state index is 5.23. The van der Waals surface area contributed by atoms with Crippen molar-refractivity contribution in [3.63, 3.8) is 0 Å². The van der Waals surface area contributed by atoms with Gasteiger partial charge >= 0.3 is 11.7 Å². The van der Waals surface area contributed by atoms with E-state index in [2.05, 4.69) is 6.92 Å². The molecule has 0 aromatic carbocycles. The Morgan fingerprint density at radius 2 is 1.73 bits per heavy atom. The van der Waals surface area contributed by atoms with Crippen LogP contribution in [0.1, 0.15) is 26.2 Å². The lowest BCUT2D eigenvalue weighted by molar-refractivity contribution is 0.223. The van der Waals surface area contributed by atoms with Crippen LogP contribution in [0.3, 0.4) is 0 Å². The van der Waals surface area contributed by atoms with E-state index in [-0.39, 0.29) is 0 Å². The van der Waals surface area contributed by atoms with Gasteiger partial charge in [0.1, 0.15) is 6.61 Å². The summed E-state index contributed by atoms with van der Waals surface area (Å²) in [7, 11) is 3.15. The number of hydrogen-bond acceptors (Lipinski definition) is 3. The number of unbranched alkanes of at least 4 members (excludes halogenated alkanes) is 2. The molecule has 0 aliphatic carbocycles. The third kappa shape index (κ3) is 6.62. The van der Waals surface area contributed by atoms with Crippen molar-refractivity contribution in [2.45, 2.75) is 26.2 Å². The molecule has 0 atom stereocenters. The normalized spacial score (nSPS) is 10.9. The molecule has 68 valence electrons. The second-order valence-corrected chi connectivity index (χ2v) is 3.38. The van der Waals surface area contributed by atoms with Crippen molar-refractivity contribution < 1.29 is 12.5 Å². The van der Waals surface area contributed by atoms with Gasteiger partial charge in [-0.15, -0.1) is 12.5 Å². The summed E-state index contributed by atoms with van der Waals surface area (Å²) in [6.45, 7) is 2.88. The first-order chi connectivity index (χ1) is 5.35. The van der Waals surface area contributed by atoms with Crippen molar-refractivity contribution in [1.29, 1.82) is 0 Å². The van der Waals surface area contributed by atoms with Crippen molar-refractivity contribution in [3.8, 4) is 0 Å². The zero-order valence-electron chi connectivity index (χ0n) is 7.46. The van der Waals surface area contributed by atoms with Crippen LogP contribution in [0.5, 0.6) is 0 Å². The molecule has 0 heterocycles. The Bertz CT molecular complexity index is 76.1. The van der Waals surface area contributed by atoms with Gasteiger partial charge in [0.25, 0.3) is 0 Å². The van der Waals surface area contributed by atoms with Crippen LogP contribution < -0.4 is 0 Å². The lowest BCUT2D eigenvalue weighted by Crippen LogP contribution is -2.11. The van der Waals surface area contributed by atoms with Crippen molar-refractivity contribution in [2.75, 3.05) is 20.8 Å². The molecule has 0 bridgehead atoms. The van der Waals surface area contributed by atoms with E-state index in [0.29, 0.717) is 0 Å². The standard InChI is InChI=1S/C7H17O3S/c1-4-5-6-7-10-11(8-2)9-3/h4-7H2,1-3H3/q+1. The van der Waals surface area contributed by atoms with Gasteiger partial charge in [-0.2, -0.15) is 0 Å². The molecular weight excluding hydrogens is 164 g/mol. The first-order valence-electron chi connectivity index (χ1n) is 3.81. The molecule has 0 saturated carbocycles. The summed E-state index contributed by atoms with van der Waals surface area (Å²) in [6.07, 6.45) is 3.48. The maximum atomic E-state index is 5.23. The summed E-state index contributed by atoms with van der Waals surface area (Å²) < 4.78 is 15.0. The van der Waals surface area contributed by atoms with Gasteiger partial charge in [-0.25, -0.2) is 0 Å². The highest BCUT2D eigenvalue weighted by Crippen LogP contribution is 2.02. The third-order valence-electron chi connectivity index (χ3n) is 1.20. The molecule has 0 fully saturated rings. The largest absolute Gasteiger partial charge is 0.507 e. The van der Waals surface area contributed by atoms with Gasteiger partial charge in [0.05, 0.1) is 14.2 Å². The highest BCUT2D eigenvalue weighted by atomic mass is 32.3. The van der Waals surface area contributed by atoms with E-state index in [1.165, 1.54) is 12.8 Å². The monoisotopic (exact) mass is 181 g/mol. The minimum absolute atomic E-state index is 0.721. The summed E-state index contributed by atoms with van der Waals surface area (Å²) in [5.74, 6) is 0. The fourth-order valence-corrected chi connectivity index (χ4v) is 1.23. The molecular formula is C7H17O3S+. The first-order valence-corrected chi connectivity index (χ1v) is 4.81. The molecule has 3 nitrogen and oxygen atoms in total. The molecule has 0 rings (SSSR count). The van der Waals surface area contributed by atoms with Crippen LogP contribution in [0.4, 0.5) is 0 Å². The Morgan fingerprint density at radius 1 is 1.09 bits per heavy atom. The van der Waals surface area contributed by atoms with Crippen molar-refractivity contribution in [1.82, 2.24) is 0 Å². The Hall–Kier alpha value is 0.230. The molecule has 0 radical (unpaired) electrons. The predicted octanol–water partition coefficient (Wildman–Crippen LogP) is 1.85. The van der Waals surface area contributed by atoms with Crippen LogP contribution in [-0.4, -0.2) is 20.8 Å². The van der Waals surface area contributed by atoms with Gasteiger partial charge in [0, 0.05) is 0 Å². The van der Waals surface area contributed by atoms with Crippen LogP contribution in [0.15, 0.2) is 0 Å². The summed E-state index contributed by atoms with van der Waals surface area (Å²) in [5.41, 5.74) is 0. The van der Waals surface area contributed by atoms with Gasteiger partial charge in [-0.3, -0.25) is 0 Å². The van der Waals surface area contributed by atoms with Gasteiger partial charge in [-0.1, -0.05) is 19.8 Å². The Balaban J connectivity index is 3.07. The van der Waals surface area contributed by atoms with E-state index >= 15 is 0 Å². The second-order valence-electron chi connectivity index (χ2n) is 2.07. The van der Waals surface area contributed by atoms with E-state index in [1.54, 1.807) is 14.2 Å². The predicted molar refractivity (Wildman–Crippen MR) is 46.9 cm³/mol. The zero-order valence-corrected chi connectivity index (χ0v) is 8.28. The van der Waals surface area contributed by atoms with Gasteiger partial charge in [-0.05, 0) is 6.42 Å². The third-order valence-corrected chi connectivity index (χ3v) is 2.10. The summed E-state index contributed by atoms with van der Waals surface area (Å²) in [5, 5.41) is 0. The second kappa shape index (κ2) is 8.33. The highest BCUT2D eigenvalue weighted by Gasteiger charge is 2.21. The Labute approximate surface area is 72.0 Å². The Kier molecular flexibility index (Phi) is 8.50. The van der Waals surface area contributed by atoms with Crippen LogP contribution >= 0.6 is 0 Å². The molecule has 0 amide bonds. The SMILES string of the molecule is CCCCCO[S+](OC)OC. The van der Waals surface area contributed by atoms with E-state index in [9.17, 15) is 0 Å². The van der Waals surface area contributed by atoms with Gasteiger partial charge in [0.2, 0.25) is 0 Å². The maximum Gasteiger partial charge on any atom is 0.507 e. The fourth-order valence-electron chi connectivity index (χ4n) is 0.643. The number of hydrogen-bond donors (Lipinski definition) is 0. The van der Waals surface area contributed by atoms with Crippen molar-refractivity contribution >= 4 is 11.7 Å². The zero-order chi connectivity index (χ0) is 8.53. The molecule has 4 heteroatoms.